The normalized spacial score (nSPS) is 10.8. The van der Waals surface area contributed by atoms with Crippen LogP contribution in [0, 0.1) is 0 Å². The fourth-order valence-electron chi connectivity index (χ4n) is 4.56. The maximum absolute atomic E-state index is 12.2. The minimum absolute atomic E-state index is 0.233. The van der Waals surface area contributed by atoms with Gasteiger partial charge in [0.15, 0.2) is 11.5 Å². The Balaban J connectivity index is 1.53. The van der Waals surface area contributed by atoms with Crippen molar-refractivity contribution in [1.29, 1.82) is 0 Å². The number of esters is 1. The quantitative estimate of drug-likeness (QED) is 0.0666. The summed E-state index contributed by atoms with van der Waals surface area (Å²) in [6.45, 7) is 2.72. The molecule has 0 N–H and O–H groups in total. The summed E-state index contributed by atoms with van der Waals surface area (Å²) in [5, 5.41) is 0. The summed E-state index contributed by atoms with van der Waals surface area (Å²) in [5.74, 6) is 1.16. The van der Waals surface area contributed by atoms with Crippen LogP contribution in [0.1, 0.15) is 119 Å². The molecule has 2 aromatic rings. The van der Waals surface area contributed by atoms with Crippen LogP contribution >= 0.6 is 0 Å². The van der Waals surface area contributed by atoms with Crippen molar-refractivity contribution in [2.75, 3.05) is 13.7 Å². The summed E-state index contributed by atoms with van der Waals surface area (Å²) < 4.78 is 16.5. The van der Waals surface area contributed by atoms with E-state index in [2.05, 4.69) is 19.1 Å². The predicted molar refractivity (Wildman–Crippen MR) is 155 cm³/mol. The molecule has 5 nitrogen and oxygen atoms in total. The number of rotatable bonds is 22. The number of hydrogen-bond acceptors (Lipinski definition) is 5. The second kappa shape index (κ2) is 20.2. The summed E-state index contributed by atoms with van der Waals surface area (Å²) >= 11 is 0. The maximum Gasteiger partial charge on any atom is 0.311 e. The number of hydrogen-bond donors (Lipinski definition) is 0. The molecule has 0 fully saturated rings. The van der Waals surface area contributed by atoms with Crippen molar-refractivity contribution in [1.82, 2.24) is 0 Å². The van der Waals surface area contributed by atoms with Crippen LogP contribution in [-0.2, 0) is 11.2 Å². The molecule has 0 spiro atoms. The third kappa shape index (κ3) is 13.6. The summed E-state index contributed by atoms with van der Waals surface area (Å²) in [6.07, 6.45) is 20.4. The highest BCUT2D eigenvalue weighted by Gasteiger charge is 2.11. The van der Waals surface area contributed by atoms with E-state index in [9.17, 15) is 9.59 Å². The molecule has 0 unspecified atom stereocenters. The third-order valence-corrected chi connectivity index (χ3v) is 6.81. The van der Waals surface area contributed by atoms with Gasteiger partial charge in [-0.3, -0.25) is 9.59 Å². The van der Waals surface area contributed by atoms with E-state index >= 15 is 0 Å². The van der Waals surface area contributed by atoms with Gasteiger partial charge in [-0.25, -0.2) is 0 Å². The SMILES string of the molecule is CCCCCCCCCCCCCCCc1cccc(OCCCC(=O)Oc2ccc(C=O)cc2OC)c1. The van der Waals surface area contributed by atoms with Gasteiger partial charge in [-0.05, 0) is 55.2 Å². The smallest absolute Gasteiger partial charge is 0.311 e. The van der Waals surface area contributed by atoms with Gasteiger partial charge in [0.1, 0.15) is 12.0 Å². The van der Waals surface area contributed by atoms with E-state index in [0.29, 0.717) is 30.1 Å². The second-order valence-corrected chi connectivity index (χ2v) is 10.1. The number of aldehydes is 1. The largest absolute Gasteiger partial charge is 0.494 e. The van der Waals surface area contributed by atoms with Crippen LogP contribution in [0.2, 0.25) is 0 Å². The van der Waals surface area contributed by atoms with Gasteiger partial charge < -0.3 is 14.2 Å². The average Bonchev–Trinajstić information content (AvgIpc) is 2.94. The van der Waals surface area contributed by atoms with Crippen molar-refractivity contribution < 1.29 is 23.8 Å². The minimum Gasteiger partial charge on any atom is -0.494 e. The van der Waals surface area contributed by atoms with Gasteiger partial charge in [-0.1, -0.05) is 96.1 Å². The average molecular weight is 525 g/mol. The zero-order valence-corrected chi connectivity index (χ0v) is 23.7. The van der Waals surface area contributed by atoms with E-state index in [1.807, 2.05) is 12.1 Å². The van der Waals surface area contributed by atoms with Gasteiger partial charge in [0.25, 0.3) is 0 Å². The van der Waals surface area contributed by atoms with E-state index < -0.39 is 0 Å². The van der Waals surface area contributed by atoms with Crippen molar-refractivity contribution in [3.63, 3.8) is 0 Å². The lowest BCUT2D eigenvalue weighted by atomic mass is 10.0. The van der Waals surface area contributed by atoms with Crippen molar-refractivity contribution in [2.45, 2.75) is 110 Å². The first kappa shape index (κ1) is 31.4. The Bertz CT molecular complexity index is 923. The van der Waals surface area contributed by atoms with Gasteiger partial charge in [-0.15, -0.1) is 0 Å². The number of benzene rings is 2. The summed E-state index contributed by atoms with van der Waals surface area (Å²) in [6, 6.07) is 13.0. The number of carbonyl (C=O) groups excluding carboxylic acids is 2. The number of carbonyl (C=O) groups is 2. The number of aryl methyl sites for hydroxylation is 1. The van der Waals surface area contributed by atoms with Gasteiger partial charge in [0, 0.05) is 12.0 Å². The fraction of sp³-hybridized carbons (Fsp3) is 0.576. The molecule has 0 aliphatic rings. The highest BCUT2D eigenvalue weighted by molar-refractivity contribution is 5.78. The second-order valence-electron chi connectivity index (χ2n) is 10.1. The molecular weight excluding hydrogens is 476 g/mol. The molecule has 0 saturated carbocycles. The van der Waals surface area contributed by atoms with Crippen LogP contribution in [0.4, 0.5) is 0 Å². The van der Waals surface area contributed by atoms with Crippen LogP contribution in [0.5, 0.6) is 17.2 Å². The molecule has 0 aliphatic heterocycles. The lowest BCUT2D eigenvalue weighted by molar-refractivity contribution is -0.134. The molecule has 0 atom stereocenters. The molecule has 0 aliphatic carbocycles. The summed E-state index contributed by atoms with van der Waals surface area (Å²) in [5.41, 5.74) is 1.77. The van der Waals surface area contributed by atoms with Gasteiger partial charge in [-0.2, -0.15) is 0 Å². The van der Waals surface area contributed by atoms with E-state index in [4.69, 9.17) is 14.2 Å². The molecule has 2 aromatic carbocycles. The monoisotopic (exact) mass is 524 g/mol. The van der Waals surface area contributed by atoms with Crippen LogP contribution < -0.4 is 14.2 Å². The molecule has 2 rings (SSSR count). The van der Waals surface area contributed by atoms with Crippen LogP contribution in [0.3, 0.4) is 0 Å². The molecule has 0 saturated heterocycles. The zero-order chi connectivity index (χ0) is 27.3. The first-order valence-electron chi connectivity index (χ1n) is 14.7. The van der Waals surface area contributed by atoms with Crippen molar-refractivity contribution in [2.24, 2.45) is 0 Å². The van der Waals surface area contributed by atoms with Gasteiger partial charge >= 0.3 is 5.97 Å². The molecule has 0 heterocycles. The topological polar surface area (TPSA) is 61.8 Å². The van der Waals surface area contributed by atoms with Gasteiger partial charge in [0.05, 0.1) is 13.7 Å². The Hall–Kier alpha value is -2.82. The third-order valence-electron chi connectivity index (χ3n) is 6.81. The van der Waals surface area contributed by atoms with Crippen molar-refractivity contribution >= 4 is 12.3 Å². The first-order chi connectivity index (χ1) is 18.7. The first-order valence-corrected chi connectivity index (χ1v) is 14.7. The Kier molecular flexibility index (Phi) is 16.7. The molecule has 0 aromatic heterocycles. The fourth-order valence-corrected chi connectivity index (χ4v) is 4.56. The number of unbranched alkanes of at least 4 members (excludes halogenated alkanes) is 12. The Morgan fingerprint density at radius 1 is 0.763 bits per heavy atom. The van der Waals surface area contributed by atoms with Gasteiger partial charge in [0.2, 0.25) is 0 Å². The standard InChI is InChI=1S/C33H48O5/c1-3-4-5-6-7-8-9-10-11-12-13-14-15-18-28-19-16-20-30(25-28)37-24-17-21-33(35)38-31-23-22-29(27-34)26-32(31)36-2/h16,19-20,22-23,25-27H,3-15,17-18,21,24H2,1-2H3. The molecule has 5 heteroatoms. The zero-order valence-electron chi connectivity index (χ0n) is 23.7. The number of methoxy groups -OCH3 is 1. The number of ether oxygens (including phenoxy) is 3. The van der Waals surface area contributed by atoms with E-state index in [0.717, 1.165) is 18.5 Å². The molecule has 38 heavy (non-hydrogen) atoms. The Labute approximate surface area is 230 Å². The van der Waals surface area contributed by atoms with Crippen molar-refractivity contribution in [3.05, 3.63) is 53.6 Å². The lowest BCUT2D eigenvalue weighted by Gasteiger charge is -2.10. The summed E-state index contributed by atoms with van der Waals surface area (Å²) in [7, 11) is 1.47. The van der Waals surface area contributed by atoms with E-state index in [1.165, 1.54) is 96.1 Å². The van der Waals surface area contributed by atoms with Crippen molar-refractivity contribution in [3.8, 4) is 17.2 Å². The lowest BCUT2D eigenvalue weighted by Crippen LogP contribution is -2.10. The maximum atomic E-state index is 12.2. The molecule has 0 radical (unpaired) electrons. The molecule has 210 valence electrons. The molecular formula is C33H48O5. The minimum atomic E-state index is -0.359. The highest BCUT2D eigenvalue weighted by Crippen LogP contribution is 2.28. The highest BCUT2D eigenvalue weighted by atomic mass is 16.6. The predicted octanol–water partition coefficient (Wildman–Crippen LogP) is 8.91. The Morgan fingerprint density at radius 2 is 1.42 bits per heavy atom. The molecule has 0 bridgehead atoms. The summed E-state index contributed by atoms with van der Waals surface area (Å²) in [4.78, 5) is 23.1. The molecule has 0 amide bonds. The van der Waals surface area contributed by atoms with Crippen LogP contribution in [0.15, 0.2) is 42.5 Å². The van der Waals surface area contributed by atoms with Crippen LogP contribution in [0.25, 0.3) is 0 Å². The van der Waals surface area contributed by atoms with E-state index in [-0.39, 0.29) is 12.4 Å². The Morgan fingerprint density at radius 3 is 2.05 bits per heavy atom. The van der Waals surface area contributed by atoms with Crippen LogP contribution in [-0.4, -0.2) is 26.0 Å². The van der Waals surface area contributed by atoms with E-state index in [1.54, 1.807) is 18.2 Å².